The molecule has 1 atom stereocenters. The van der Waals surface area contributed by atoms with E-state index in [1.165, 1.54) is 250 Å². The zero-order valence-electron chi connectivity index (χ0n) is 51.7. The first kappa shape index (κ1) is 74.4. The summed E-state index contributed by atoms with van der Waals surface area (Å²) in [5.41, 5.74) is 0. The smallest absolute Gasteiger partial charge is 0.306 e. The Kier molecular flexibility index (Phi) is 63.6. The van der Waals surface area contributed by atoms with Crippen LogP contribution in [-0.4, -0.2) is 37.2 Å². The van der Waals surface area contributed by atoms with Crippen molar-refractivity contribution in [3.05, 3.63) is 48.6 Å². The number of carbonyl (C=O) groups is 3. The minimum Gasteiger partial charge on any atom is -0.462 e. The quantitative estimate of drug-likeness (QED) is 0.0261. The maximum Gasteiger partial charge on any atom is 0.306 e. The Morgan fingerprint density at radius 1 is 0.260 bits per heavy atom. The second kappa shape index (κ2) is 65.9. The lowest BCUT2D eigenvalue weighted by Crippen LogP contribution is -2.30. The Morgan fingerprint density at radius 3 is 0.727 bits per heavy atom. The average Bonchev–Trinajstić information content (AvgIpc) is 3.43. The molecule has 0 spiro atoms. The summed E-state index contributed by atoms with van der Waals surface area (Å²) < 4.78 is 16.9. The molecule has 0 saturated heterocycles. The molecule has 0 aromatic carbocycles. The highest BCUT2D eigenvalue weighted by molar-refractivity contribution is 5.71. The number of allylic oxidation sites excluding steroid dienone is 8. The van der Waals surface area contributed by atoms with Crippen molar-refractivity contribution in [3.63, 3.8) is 0 Å². The Balaban J connectivity index is 4.20. The highest BCUT2D eigenvalue weighted by Crippen LogP contribution is 2.17. The number of rotatable bonds is 63. The molecule has 0 aromatic heterocycles. The number of unbranched alkanes of at least 4 members (excludes halogenated alkanes) is 44. The molecule has 0 saturated carbocycles. The zero-order chi connectivity index (χ0) is 55.7. The van der Waals surface area contributed by atoms with Crippen LogP contribution in [0.3, 0.4) is 0 Å². The number of ether oxygens (including phenoxy) is 3. The fourth-order valence-electron chi connectivity index (χ4n) is 10.1. The molecule has 0 aromatic rings. The Labute approximate surface area is 479 Å². The van der Waals surface area contributed by atoms with Crippen LogP contribution in [0.5, 0.6) is 0 Å². The first-order valence-corrected chi connectivity index (χ1v) is 34.1. The van der Waals surface area contributed by atoms with Crippen LogP contribution < -0.4 is 0 Å². The lowest BCUT2D eigenvalue weighted by atomic mass is 10.0. The molecule has 0 rings (SSSR count). The predicted molar refractivity (Wildman–Crippen MR) is 335 cm³/mol. The van der Waals surface area contributed by atoms with E-state index in [1.807, 2.05) is 0 Å². The van der Waals surface area contributed by atoms with Gasteiger partial charge in [-0.15, -0.1) is 0 Å². The summed E-state index contributed by atoms with van der Waals surface area (Å²) in [4.78, 5) is 38.3. The SMILES string of the molecule is CCCCCCC/C=C\C/C=C\CCCCCCCCCCCCCCCCCCCC(=O)OCC(COC(=O)CCCCCCC/C=C\CCCCCCCC)OC(=O)CCCCCCC/C=C\CCCCCCCC. The van der Waals surface area contributed by atoms with E-state index >= 15 is 0 Å². The topological polar surface area (TPSA) is 78.9 Å². The van der Waals surface area contributed by atoms with Crippen LogP contribution >= 0.6 is 0 Å². The molecular formula is C71H130O6. The second-order valence-electron chi connectivity index (χ2n) is 23.1. The van der Waals surface area contributed by atoms with Crippen molar-refractivity contribution in [2.75, 3.05) is 13.2 Å². The van der Waals surface area contributed by atoms with E-state index in [0.29, 0.717) is 19.3 Å². The minimum atomic E-state index is -0.780. The van der Waals surface area contributed by atoms with Crippen molar-refractivity contribution in [3.8, 4) is 0 Å². The van der Waals surface area contributed by atoms with Crippen molar-refractivity contribution in [2.24, 2.45) is 0 Å². The fraction of sp³-hybridized carbons (Fsp3) is 0.845. The van der Waals surface area contributed by atoms with Crippen LogP contribution in [0.2, 0.25) is 0 Å². The number of hydrogen-bond donors (Lipinski definition) is 0. The lowest BCUT2D eigenvalue weighted by Gasteiger charge is -2.18. The van der Waals surface area contributed by atoms with Gasteiger partial charge in [-0.25, -0.2) is 0 Å². The molecule has 0 N–H and O–H groups in total. The van der Waals surface area contributed by atoms with Crippen LogP contribution in [0.25, 0.3) is 0 Å². The van der Waals surface area contributed by atoms with Gasteiger partial charge in [0.2, 0.25) is 0 Å². The summed E-state index contributed by atoms with van der Waals surface area (Å²) in [6, 6.07) is 0. The molecule has 0 aliphatic carbocycles. The highest BCUT2D eigenvalue weighted by Gasteiger charge is 2.19. The number of hydrogen-bond acceptors (Lipinski definition) is 6. The first-order chi connectivity index (χ1) is 38.0. The van der Waals surface area contributed by atoms with Crippen molar-refractivity contribution in [1.82, 2.24) is 0 Å². The Hall–Kier alpha value is -2.63. The standard InChI is InChI=1S/C71H130O6/c1-4-7-10-13-16-19-22-25-28-29-30-31-32-33-34-35-36-37-38-39-40-41-44-46-49-52-55-58-61-64-70(73)76-67-68(77-71(74)65-62-59-56-53-50-47-43-27-24-21-18-15-12-9-6-3)66-75-69(72)63-60-57-54-51-48-45-42-26-23-20-17-14-11-8-5-2/h22,25-27,29-30,42-43,68H,4-21,23-24,28,31-41,44-67H2,1-3H3/b25-22-,30-29-,42-26-,43-27-. The summed E-state index contributed by atoms with van der Waals surface area (Å²) in [7, 11) is 0. The molecule has 0 bridgehead atoms. The predicted octanol–water partition coefficient (Wildman–Crippen LogP) is 23.3. The molecule has 0 amide bonds. The lowest BCUT2D eigenvalue weighted by molar-refractivity contribution is -0.167. The summed E-state index contributed by atoms with van der Waals surface area (Å²) in [5.74, 6) is -0.871. The third kappa shape index (κ3) is 64.1. The van der Waals surface area contributed by atoms with Gasteiger partial charge in [-0.05, 0) is 103 Å². The van der Waals surface area contributed by atoms with Gasteiger partial charge in [-0.2, -0.15) is 0 Å². The van der Waals surface area contributed by atoms with E-state index < -0.39 is 6.10 Å². The van der Waals surface area contributed by atoms with Crippen molar-refractivity contribution >= 4 is 17.9 Å². The van der Waals surface area contributed by atoms with Gasteiger partial charge in [0.15, 0.2) is 6.10 Å². The third-order valence-electron chi connectivity index (χ3n) is 15.3. The van der Waals surface area contributed by atoms with E-state index in [4.69, 9.17) is 14.2 Å². The van der Waals surface area contributed by atoms with E-state index in [1.54, 1.807) is 0 Å². The summed E-state index contributed by atoms with van der Waals surface area (Å²) >= 11 is 0. The third-order valence-corrected chi connectivity index (χ3v) is 15.3. The van der Waals surface area contributed by atoms with Crippen molar-refractivity contribution in [1.29, 1.82) is 0 Å². The molecule has 6 nitrogen and oxygen atoms in total. The molecule has 0 heterocycles. The maximum atomic E-state index is 12.9. The molecule has 0 radical (unpaired) electrons. The molecule has 0 fully saturated rings. The average molecular weight is 1080 g/mol. The van der Waals surface area contributed by atoms with E-state index in [9.17, 15) is 14.4 Å². The van der Waals surface area contributed by atoms with E-state index in [2.05, 4.69) is 69.4 Å². The van der Waals surface area contributed by atoms with E-state index in [-0.39, 0.29) is 31.1 Å². The van der Waals surface area contributed by atoms with Gasteiger partial charge in [0.1, 0.15) is 13.2 Å². The second-order valence-corrected chi connectivity index (χ2v) is 23.1. The van der Waals surface area contributed by atoms with Crippen LogP contribution in [0.15, 0.2) is 48.6 Å². The normalized spacial score (nSPS) is 12.3. The molecule has 77 heavy (non-hydrogen) atoms. The first-order valence-electron chi connectivity index (χ1n) is 34.1. The van der Waals surface area contributed by atoms with Gasteiger partial charge in [0.25, 0.3) is 0 Å². The molecule has 6 heteroatoms. The van der Waals surface area contributed by atoms with Crippen LogP contribution in [-0.2, 0) is 28.6 Å². The van der Waals surface area contributed by atoms with Gasteiger partial charge in [-0.3, -0.25) is 14.4 Å². The Morgan fingerprint density at radius 2 is 0.468 bits per heavy atom. The minimum absolute atomic E-state index is 0.0755. The monoisotopic (exact) mass is 1080 g/mol. The fourth-order valence-corrected chi connectivity index (χ4v) is 10.1. The van der Waals surface area contributed by atoms with Gasteiger partial charge in [0, 0.05) is 19.3 Å². The van der Waals surface area contributed by atoms with Gasteiger partial charge >= 0.3 is 17.9 Å². The maximum absolute atomic E-state index is 12.9. The summed E-state index contributed by atoms with van der Waals surface area (Å²) in [6.07, 6.45) is 82.8. The van der Waals surface area contributed by atoms with Gasteiger partial charge < -0.3 is 14.2 Å². The van der Waals surface area contributed by atoms with E-state index in [0.717, 1.165) is 77.0 Å². The molecule has 450 valence electrons. The number of carbonyl (C=O) groups excluding carboxylic acids is 3. The van der Waals surface area contributed by atoms with Gasteiger partial charge in [-0.1, -0.05) is 294 Å². The number of esters is 3. The molecule has 0 aliphatic rings. The molecular weight excluding hydrogens is 949 g/mol. The zero-order valence-corrected chi connectivity index (χ0v) is 51.7. The summed E-state index contributed by atoms with van der Waals surface area (Å²) in [6.45, 7) is 6.66. The van der Waals surface area contributed by atoms with Gasteiger partial charge in [0.05, 0.1) is 0 Å². The van der Waals surface area contributed by atoms with Crippen molar-refractivity contribution in [2.45, 2.75) is 374 Å². The summed E-state index contributed by atoms with van der Waals surface area (Å²) in [5, 5.41) is 0. The molecule has 0 aliphatic heterocycles. The van der Waals surface area contributed by atoms with Crippen LogP contribution in [0.1, 0.15) is 367 Å². The van der Waals surface area contributed by atoms with Crippen molar-refractivity contribution < 1.29 is 28.6 Å². The largest absolute Gasteiger partial charge is 0.462 e. The molecule has 1 unspecified atom stereocenters. The van der Waals surface area contributed by atoms with Crippen LogP contribution in [0.4, 0.5) is 0 Å². The Bertz CT molecular complexity index is 1330. The van der Waals surface area contributed by atoms with Crippen LogP contribution in [0, 0.1) is 0 Å². The highest BCUT2D eigenvalue weighted by atomic mass is 16.6.